The molecule has 4 aliphatic rings. The van der Waals surface area contributed by atoms with Gasteiger partial charge < -0.3 is 30.3 Å². The summed E-state index contributed by atoms with van der Waals surface area (Å²) in [4.78, 5) is 53.7. The lowest BCUT2D eigenvalue weighted by atomic mass is 9.62. The first kappa shape index (κ1) is 38.3. The molecule has 1 amide bonds. The number of nitrogens with zero attached hydrogens (tertiary/aromatic N) is 4. The normalized spacial score (nSPS) is 26.2. The molecule has 1 aromatic rings. The minimum atomic E-state index is -0.949. The summed E-state index contributed by atoms with van der Waals surface area (Å²) in [6.07, 6.45) is 7.19. The Hall–Kier alpha value is -3.47. The first-order valence-electron chi connectivity index (χ1n) is 18.4. The lowest BCUT2D eigenvalue weighted by Crippen LogP contribution is -2.45. The molecule has 1 aromatic heterocycles. The van der Waals surface area contributed by atoms with Gasteiger partial charge in [0.05, 0.1) is 11.1 Å². The molecule has 1 spiro atoms. The van der Waals surface area contributed by atoms with Crippen LogP contribution in [0.15, 0.2) is 24.8 Å². The number of carbonyl (C=O) groups is 3. The Bertz CT molecular complexity index is 1370. The largest absolute Gasteiger partial charge is 0.474 e. The van der Waals surface area contributed by atoms with Crippen molar-refractivity contribution >= 4 is 29.2 Å². The van der Waals surface area contributed by atoms with Crippen molar-refractivity contribution in [3.8, 4) is 5.88 Å². The average Bonchev–Trinajstić information content (AvgIpc) is 3.66. The van der Waals surface area contributed by atoms with Crippen molar-refractivity contribution in [2.45, 2.75) is 111 Å². The number of nitrogens with two attached hydrogens (primary N) is 1. The predicted molar refractivity (Wildman–Crippen MR) is 197 cm³/mol. The number of ketones is 2. The number of allylic oxidation sites excluding steroid dienone is 1. The second kappa shape index (κ2) is 16.5. The minimum absolute atomic E-state index is 0. The van der Waals surface area contributed by atoms with Gasteiger partial charge in [0, 0.05) is 58.9 Å². The third-order valence-corrected chi connectivity index (χ3v) is 10.6. The quantitative estimate of drug-likeness (QED) is 0.123. The van der Waals surface area contributed by atoms with Gasteiger partial charge in [0.2, 0.25) is 5.88 Å². The fourth-order valence-corrected chi connectivity index (χ4v) is 8.03. The van der Waals surface area contributed by atoms with Crippen LogP contribution < -0.4 is 20.7 Å². The van der Waals surface area contributed by atoms with Crippen molar-refractivity contribution in [1.29, 1.82) is 0 Å². The fraction of sp³-hybridized carbons (Fsp3) is 0.711. The highest BCUT2D eigenvalue weighted by atomic mass is 16.6. The molecule has 5 atom stereocenters. The van der Waals surface area contributed by atoms with E-state index in [1.807, 2.05) is 38.8 Å². The Balaban J connectivity index is 0.00000221. The third kappa shape index (κ3) is 8.83. The number of ether oxygens (including phenoxy) is 2. The molecule has 3 heterocycles. The second-order valence-electron chi connectivity index (χ2n) is 15.3. The molecular formula is C38H64N6O5. The SMILES string of the molecule is C=C.CC[C@H](Oc1cc(N2CC3CN(C(=O)OC(C)(C)C)CC3C2)nc(/C(N)=C2\CCC[C@@]3(CCCCC3=O)C2=O)n1)C(C)CCCNC.[HH].[HH]. The summed E-state index contributed by atoms with van der Waals surface area (Å²) < 4.78 is 12.2. The Kier molecular flexibility index (Phi) is 12.9. The van der Waals surface area contributed by atoms with Crippen molar-refractivity contribution in [1.82, 2.24) is 20.2 Å². The van der Waals surface area contributed by atoms with E-state index in [0.717, 1.165) is 58.2 Å². The van der Waals surface area contributed by atoms with Crippen LogP contribution in [0.5, 0.6) is 5.88 Å². The first-order valence-corrected chi connectivity index (χ1v) is 18.4. The molecule has 11 nitrogen and oxygen atoms in total. The van der Waals surface area contributed by atoms with Gasteiger partial charge in [0.15, 0.2) is 11.6 Å². The molecule has 4 fully saturated rings. The summed E-state index contributed by atoms with van der Waals surface area (Å²) >= 11 is 0. The van der Waals surface area contributed by atoms with Crippen LogP contribution in [0.4, 0.5) is 10.6 Å². The Morgan fingerprint density at radius 1 is 1.10 bits per heavy atom. The zero-order valence-corrected chi connectivity index (χ0v) is 30.8. The summed E-state index contributed by atoms with van der Waals surface area (Å²) in [5.41, 5.74) is 6.06. The van der Waals surface area contributed by atoms with E-state index in [9.17, 15) is 14.4 Å². The van der Waals surface area contributed by atoms with Gasteiger partial charge in [-0.3, -0.25) is 9.59 Å². The van der Waals surface area contributed by atoms with Gasteiger partial charge in [0.25, 0.3) is 0 Å². The lowest BCUT2D eigenvalue weighted by Gasteiger charge is -2.38. The molecule has 3 unspecified atom stereocenters. The van der Waals surface area contributed by atoms with Crippen LogP contribution in [-0.2, 0) is 14.3 Å². The van der Waals surface area contributed by atoms with Crippen LogP contribution in [0.1, 0.15) is 108 Å². The number of Topliss-reactive ketones (excluding diaryl/α,β-unsaturated/α-hetero) is 2. The molecule has 2 aliphatic carbocycles. The number of amides is 1. The Morgan fingerprint density at radius 3 is 2.39 bits per heavy atom. The van der Waals surface area contributed by atoms with Crippen LogP contribution in [0.25, 0.3) is 5.70 Å². The number of nitrogens with one attached hydrogen (secondary N) is 1. The highest BCUT2D eigenvalue weighted by molar-refractivity contribution is 6.17. The maximum Gasteiger partial charge on any atom is 0.410 e. The second-order valence-corrected chi connectivity index (χ2v) is 15.3. The van der Waals surface area contributed by atoms with E-state index in [0.29, 0.717) is 62.0 Å². The van der Waals surface area contributed by atoms with Gasteiger partial charge in [-0.2, -0.15) is 4.98 Å². The predicted octanol–water partition coefficient (Wildman–Crippen LogP) is 6.42. The molecule has 11 heteroatoms. The first-order chi connectivity index (χ1) is 23.3. The molecule has 5 rings (SSSR count). The number of rotatable bonds is 10. The van der Waals surface area contributed by atoms with Crippen LogP contribution in [0.3, 0.4) is 0 Å². The van der Waals surface area contributed by atoms with Crippen molar-refractivity contribution < 1.29 is 26.7 Å². The fourth-order valence-electron chi connectivity index (χ4n) is 8.03. The minimum Gasteiger partial charge on any atom is -0.474 e. The molecule has 276 valence electrons. The van der Waals surface area contributed by atoms with E-state index in [1.165, 1.54) is 0 Å². The molecule has 2 aliphatic heterocycles. The van der Waals surface area contributed by atoms with Crippen molar-refractivity contribution in [2.75, 3.05) is 44.7 Å². The molecule has 0 aromatic carbocycles. The van der Waals surface area contributed by atoms with Crippen molar-refractivity contribution in [2.24, 2.45) is 28.9 Å². The van der Waals surface area contributed by atoms with E-state index in [-0.39, 0.29) is 50.0 Å². The number of carbonyl (C=O) groups excluding carboxylic acids is 3. The number of hydrogen-bond acceptors (Lipinski definition) is 10. The van der Waals surface area contributed by atoms with Crippen LogP contribution in [0, 0.1) is 23.2 Å². The smallest absolute Gasteiger partial charge is 0.410 e. The molecule has 0 bridgehead atoms. The van der Waals surface area contributed by atoms with E-state index in [4.69, 9.17) is 25.2 Å². The summed E-state index contributed by atoms with van der Waals surface area (Å²) in [6, 6.07) is 1.89. The number of hydrogen-bond donors (Lipinski definition) is 2. The topological polar surface area (TPSA) is 140 Å². The monoisotopic (exact) mass is 684 g/mol. The molecule has 2 saturated carbocycles. The van der Waals surface area contributed by atoms with E-state index in [2.05, 4.69) is 37.2 Å². The number of fused-ring (bicyclic) bond motifs is 1. The summed E-state index contributed by atoms with van der Waals surface area (Å²) in [7, 11) is 1.96. The molecule has 2 saturated heterocycles. The van der Waals surface area contributed by atoms with Crippen LogP contribution >= 0.6 is 0 Å². The van der Waals surface area contributed by atoms with Gasteiger partial charge in [0.1, 0.15) is 23.3 Å². The van der Waals surface area contributed by atoms with E-state index < -0.39 is 11.0 Å². The van der Waals surface area contributed by atoms with E-state index in [1.54, 1.807) is 0 Å². The van der Waals surface area contributed by atoms with Gasteiger partial charge in [-0.05, 0) is 91.6 Å². The average molecular weight is 685 g/mol. The van der Waals surface area contributed by atoms with Crippen molar-refractivity contribution in [3.63, 3.8) is 0 Å². The molecular weight excluding hydrogens is 620 g/mol. The molecule has 3 N–H and O–H groups in total. The molecule has 0 radical (unpaired) electrons. The van der Waals surface area contributed by atoms with Gasteiger partial charge >= 0.3 is 6.09 Å². The molecule has 49 heavy (non-hydrogen) atoms. The maximum absolute atomic E-state index is 14.0. The zero-order valence-electron chi connectivity index (χ0n) is 30.8. The summed E-state index contributed by atoms with van der Waals surface area (Å²) in [5, 5.41) is 3.22. The number of likely N-dealkylation sites (tertiary alicyclic amines) is 1. The van der Waals surface area contributed by atoms with E-state index >= 15 is 0 Å². The zero-order chi connectivity index (χ0) is 35.9. The standard InChI is InChI=1S/C36H56N6O5.C2H4.2H2/c1-7-27(23(2)12-11-17-38-6)46-30-18-29(41-19-24-21-42(22-25(24)20-41)34(45)47-35(3,4)5)39-33(40-30)31(37)26-13-10-16-36(32(26)44)15-9-8-14-28(36)43;1-2;;/h18,23-25,27,38H,7-17,19-22,37H2,1-6H3;1-2H2;2*1H/b31-26-;;;/t23?,24?,25?,27-,36+;;;/m0.../s1. The van der Waals surface area contributed by atoms with Crippen LogP contribution in [-0.4, -0.2) is 84.0 Å². The maximum atomic E-state index is 14.0. The number of anilines is 1. The van der Waals surface area contributed by atoms with Crippen LogP contribution in [0.2, 0.25) is 0 Å². The van der Waals surface area contributed by atoms with Gasteiger partial charge in [-0.25, -0.2) is 9.78 Å². The Labute approximate surface area is 296 Å². The Morgan fingerprint density at radius 2 is 1.78 bits per heavy atom. The summed E-state index contributed by atoms with van der Waals surface area (Å²) in [5.74, 6) is 2.24. The lowest BCUT2D eigenvalue weighted by molar-refractivity contribution is -0.143. The third-order valence-electron chi connectivity index (χ3n) is 10.6. The number of aromatic nitrogens is 2. The summed E-state index contributed by atoms with van der Waals surface area (Å²) in [6.45, 7) is 19.7. The van der Waals surface area contributed by atoms with Gasteiger partial charge in [-0.1, -0.05) is 20.3 Å². The van der Waals surface area contributed by atoms with Gasteiger partial charge in [-0.15, -0.1) is 13.2 Å². The van der Waals surface area contributed by atoms with Crippen molar-refractivity contribution in [3.05, 3.63) is 30.6 Å². The highest BCUT2D eigenvalue weighted by Gasteiger charge is 2.49. The highest BCUT2D eigenvalue weighted by Crippen LogP contribution is 2.46.